The molecule has 0 unspecified atom stereocenters. The molecule has 0 spiro atoms. The van der Waals surface area contributed by atoms with E-state index in [0.29, 0.717) is 27.8 Å². The summed E-state index contributed by atoms with van der Waals surface area (Å²) < 4.78 is 10.8. The van der Waals surface area contributed by atoms with Gasteiger partial charge in [-0.25, -0.2) is 4.79 Å². The Balaban J connectivity index is 1.64. The van der Waals surface area contributed by atoms with Gasteiger partial charge in [0.25, 0.3) is 0 Å². The Bertz CT molecular complexity index is 894. The molecular formula is C17H11NO4S. The molecule has 3 heterocycles. The van der Waals surface area contributed by atoms with Crippen molar-refractivity contribution in [3.63, 3.8) is 0 Å². The standard InChI is InChI=1S/C17H11NO4S/c19-14-7-16(23)18-13(14)6-11-2-4-15(22-11)9-1-3-12-10(5-9)8-21-17(12)20/h1-6H,7-8H2,(H,18,23)/b13-6+. The van der Waals surface area contributed by atoms with Crippen molar-refractivity contribution in [2.45, 2.75) is 13.0 Å². The van der Waals surface area contributed by atoms with E-state index >= 15 is 0 Å². The number of Topliss-reactive ketones (excluding diaryl/α,β-unsaturated/α-hetero) is 1. The van der Waals surface area contributed by atoms with E-state index in [9.17, 15) is 9.59 Å². The van der Waals surface area contributed by atoms with E-state index in [1.165, 1.54) is 0 Å². The van der Waals surface area contributed by atoms with Crippen molar-refractivity contribution in [3.05, 3.63) is 52.9 Å². The van der Waals surface area contributed by atoms with Crippen LogP contribution in [0.5, 0.6) is 0 Å². The lowest BCUT2D eigenvalue weighted by atomic mass is 10.0. The minimum atomic E-state index is -0.293. The van der Waals surface area contributed by atoms with Gasteiger partial charge in [0.05, 0.1) is 22.7 Å². The molecule has 4 rings (SSSR count). The highest BCUT2D eigenvalue weighted by Crippen LogP contribution is 2.29. The van der Waals surface area contributed by atoms with Crippen LogP contribution >= 0.6 is 12.2 Å². The van der Waals surface area contributed by atoms with Crippen LogP contribution in [0.25, 0.3) is 17.4 Å². The summed E-state index contributed by atoms with van der Waals surface area (Å²) in [4.78, 5) is 23.7. The number of rotatable bonds is 2. The molecule has 6 heteroatoms. The molecule has 2 aromatic rings. The van der Waals surface area contributed by atoms with Crippen molar-refractivity contribution >= 4 is 35.0 Å². The van der Waals surface area contributed by atoms with Crippen LogP contribution in [0.4, 0.5) is 0 Å². The van der Waals surface area contributed by atoms with Crippen molar-refractivity contribution in [1.29, 1.82) is 0 Å². The zero-order valence-corrected chi connectivity index (χ0v) is 12.7. The Morgan fingerprint density at radius 2 is 2.04 bits per heavy atom. The minimum absolute atomic E-state index is 0.0406. The average Bonchev–Trinajstić information content (AvgIpc) is 3.21. The molecule has 1 saturated heterocycles. The fourth-order valence-corrected chi connectivity index (χ4v) is 2.88. The number of fused-ring (bicyclic) bond motifs is 1. The lowest BCUT2D eigenvalue weighted by Gasteiger charge is -1.99. The van der Waals surface area contributed by atoms with Gasteiger partial charge in [-0.05, 0) is 24.3 Å². The van der Waals surface area contributed by atoms with Crippen LogP contribution < -0.4 is 5.32 Å². The lowest BCUT2D eigenvalue weighted by Crippen LogP contribution is -2.10. The Kier molecular flexibility index (Phi) is 3.12. The van der Waals surface area contributed by atoms with Gasteiger partial charge in [0.1, 0.15) is 18.1 Å². The molecule has 114 valence electrons. The molecule has 1 aromatic carbocycles. The molecule has 0 atom stereocenters. The van der Waals surface area contributed by atoms with Gasteiger partial charge in [-0.3, -0.25) is 4.79 Å². The number of benzene rings is 1. The Morgan fingerprint density at radius 3 is 2.83 bits per heavy atom. The summed E-state index contributed by atoms with van der Waals surface area (Å²) >= 11 is 4.98. The van der Waals surface area contributed by atoms with Crippen LogP contribution in [0.3, 0.4) is 0 Å². The molecule has 5 nitrogen and oxygen atoms in total. The maximum Gasteiger partial charge on any atom is 0.338 e. The molecule has 0 saturated carbocycles. The lowest BCUT2D eigenvalue weighted by molar-refractivity contribution is -0.114. The second-order valence-electron chi connectivity index (χ2n) is 5.36. The van der Waals surface area contributed by atoms with Gasteiger partial charge < -0.3 is 14.5 Å². The van der Waals surface area contributed by atoms with Crippen LogP contribution in [0.15, 0.2) is 40.4 Å². The Hall–Kier alpha value is -2.73. The molecule has 2 aliphatic heterocycles. The van der Waals surface area contributed by atoms with Crippen LogP contribution in [-0.4, -0.2) is 16.7 Å². The van der Waals surface area contributed by atoms with Gasteiger partial charge in [0.2, 0.25) is 0 Å². The number of ketones is 1. The van der Waals surface area contributed by atoms with Gasteiger partial charge in [-0.1, -0.05) is 18.3 Å². The van der Waals surface area contributed by atoms with E-state index in [0.717, 1.165) is 11.1 Å². The largest absolute Gasteiger partial charge is 0.457 e. The normalized spacial score (nSPS) is 18.3. The van der Waals surface area contributed by atoms with Gasteiger partial charge >= 0.3 is 5.97 Å². The molecule has 1 N–H and O–H groups in total. The van der Waals surface area contributed by atoms with Crippen molar-refractivity contribution in [1.82, 2.24) is 5.32 Å². The third-order valence-electron chi connectivity index (χ3n) is 3.78. The van der Waals surface area contributed by atoms with E-state index in [1.807, 2.05) is 18.2 Å². The number of carbonyl (C=O) groups is 2. The maximum atomic E-state index is 11.7. The zero-order chi connectivity index (χ0) is 16.0. The number of nitrogens with one attached hydrogen (secondary N) is 1. The molecule has 1 fully saturated rings. The van der Waals surface area contributed by atoms with Gasteiger partial charge in [-0.2, -0.15) is 0 Å². The second kappa shape index (κ2) is 5.17. The minimum Gasteiger partial charge on any atom is -0.457 e. The van der Waals surface area contributed by atoms with E-state index in [1.54, 1.807) is 18.2 Å². The van der Waals surface area contributed by atoms with Crippen molar-refractivity contribution in [3.8, 4) is 11.3 Å². The first-order valence-electron chi connectivity index (χ1n) is 7.05. The summed E-state index contributed by atoms with van der Waals surface area (Å²) in [5.74, 6) is 0.889. The number of carbonyl (C=O) groups excluding carboxylic acids is 2. The smallest absolute Gasteiger partial charge is 0.338 e. The summed E-state index contributed by atoms with van der Waals surface area (Å²) in [7, 11) is 0. The van der Waals surface area contributed by atoms with E-state index in [-0.39, 0.29) is 24.8 Å². The summed E-state index contributed by atoms with van der Waals surface area (Å²) in [5.41, 5.74) is 2.75. The molecule has 1 aromatic heterocycles. The number of hydrogen-bond donors (Lipinski definition) is 1. The quantitative estimate of drug-likeness (QED) is 0.520. The van der Waals surface area contributed by atoms with E-state index in [2.05, 4.69) is 5.32 Å². The van der Waals surface area contributed by atoms with Crippen LogP contribution in [0.1, 0.15) is 28.1 Å². The molecule has 0 bridgehead atoms. The first kappa shape index (κ1) is 13.9. The zero-order valence-electron chi connectivity index (χ0n) is 11.9. The monoisotopic (exact) mass is 325 g/mol. The highest BCUT2D eigenvalue weighted by atomic mass is 32.1. The molecule has 23 heavy (non-hydrogen) atoms. The number of esters is 1. The predicted octanol–water partition coefficient (Wildman–Crippen LogP) is 2.85. The number of allylic oxidation sites excluding steroid dienone is 1. The SMILES string of the molecule is O=C1CC(=S)N/C1=C/c1ccc(-c2ccc3c(c2)COC3=O)o1. The topological polar surface area (TPSA) is 68.5 Å². The highest BCUT2D eigenvalue weighted by molar-refractivity contribution is 7.80. The molecule has 0 radical (unpaired) electrons. The van der Waals surface area contributed by atoms with Crippen molar-refractivity contribution in [2.24, 2.45) is 0 Å². The molecular weight excluding hydrogens is 314 g/mol. The van der Waals surface area contributed by atoms with Crippen LogP contribution in [0.2, 0.25) is 0 Å². The summed E-state index contributed by atoms with van der Waals surface area (Å²) in [6, 6.07) is 9.04. The van der Waals surface area contributed by atoms with E-state index < -0.39 is 0 Å². The number of hydrogen-bond acceptors (Lipinski definition) is 5. The Labute approximate surface area is 136 Å². The van der Waals surface area contributed by atoms with E-state index in [4.69, 9.17) is 21.4 Å². The third kappa shape index (κ3) is 2.47. The third-order valence-corrected chi connectivity index (χ3v) is 4.02. The number of thiocarbonyl (C=S) groups is 1. The molecule has 2 aliphatic rings. The van der Waals surface area contributed by atoms with Crippen molar-refractivity contribution < 1.29 is 18.7 Å². The first-order valence-corrected chi connectivity index (χ1v) is 7.46. The summed E-state index contributed by atoms with van der Waals surface area (Å²) in [6.07, 6.45) is 1.89. The van der Waals surface area contributed by atoms with Gasteiger partial charge in [0, 0.05) is 17.2 Å². The van der Waals surface area contributed by atoms with Gasteiger partial charge in [0.15, 0.2) is 5.78 Å². The fraction of sp³-hybridized carbons (Fsp3) is 0.118. The number of furan rings is 1. The van der Waals surface area contributed by atoms with Crippen LogP contribution in [0, 0.1) is 0 Å². The average molecular weight is 325 g/mol. The maximum absolute atomic E-state index is 11.7. The predicted molar refractivity (Wildman–Crippen MR) is 86.6 cm³/mol. The summed E-state index contributed by atoms with van der Waals surface area (Å²) in [6.45, 7) is 0.287. The van der Waals surface area contributed by atoms with Crippen molar-refractivity contribution in [2.75, 3.05) is 0 Å². The van der Waals surface area contributed by atoms with Crippen LogP contribution in [-0.2, 0) is 16.1 Å². The molecule has 0 amide bonds. The highest BCUT2D eigenvalue weighted by Gasteiger charge is 2.23. The number of ether oxygens (including phenoxy) is 1. The number of cyclic esters (lactones) is 1. The first-order chi connectivity index (χ1) is 11.1. The summed E-state index contributed by atoms with van der Waals surface area (Å²) in [5, 5.41) is 2.87. The molecule has 0 aliphatic carbocycles. The second-order valence-corrected chi connectivity index (χ2v) is 5.85. The Morgan fingerprint density at radius 1 is 1.17 bits per heavy atom. The van der Waals surface area contributed by atoms with Gasteiger partial charge in [-0.15, -0.1) is 0 Å². The fourth-order valence-electron chi connectivity index (χ4n) is 2.64.